The van der Waals surface area contributed by atoms with Gasteiger partial charge in [0.2, 0.25) is 10.0 Å². The molecule has 0 radical (unpaired) electrons. The van der Waals surface area contributed by atoms with Crippen molar-refractivity contribution in [1.29, 1.82) is 0 Å². The molecule has 1 aliphatic heterocycles. The topological polar surface area (TPSA) is 68.1 Å². The van der Waals surface area contributed by atoms with Crippen molar-refractivity contribution >= 4 is 16.1 Å². The van der Waals surface area contributed by atoms with Gasteiger partial charge in [0.25, 0.3) is 0 Å². The second-order valence-corrected chi connectivity index (χ2v) is 7.59. The summed E-state index contributed by atoms with van der Waals surface area (Å²) in [4.78, 5) is 0. The van der Waals surface area contributed by atoms with Gasteiger partial charge in [-0.05, 0) is 31.4 Å². The monoisotopic (exact) mass is 332 g/mol. The SMILES string of the molecule is Cc1ccc(/C=C/S(=O)(=O)N2CCC(n3ccnn3)CC2)cc1. The van der Waals surface area contributed by atoms with Crippen LogP contribution in [0.15, 0.2) is 42.1 Å². The van der Waals surface area contributed by atoms with Crippen molar-refractivity contribution in [2.24, 2.45) is 0 Å². The van der Waals surface area contributed by atoms with E-state index in [1.165, 1.54) is 9.71 Å². The number of rotatable bonds is 4. The Hall–Kier alpha value is -1.99. The zero-order valence-corrected chi connectivity index (χ0v) is 13.9. The molecule has 2 heterocycles. The molecular formula is C16H20N4O2S. The summed E-state index contributed by atoms with van der Waals surface area (Å²) in [6.07, 6.45) is 6.62. The molecule has 1 aromatic carbocycles. The maximum Gasteiger partial charge on any atom is 0.236 e. The number of aromatic nitrogens is 3. The molecule has 122 valence electrons. The van der Waals surface area contributed by atoms with Crippen LogP contribution in [0.5, 0.6) is 0 Å². The predicted octanol–water partition coefficient (Wildman–Crippen LogP) is 2.22. The van der Waals surface area contributed by atoms with Crippen molar-refractivity contribution in [2.75, 3.05) is 13.1 Å². The van der Waals surface area contributed by atoms with Gasteiger partial charge in [0.15, 0.2) is 0 Å². The van der Waals surface area contributed by atoms with E-state index in [-0.39, 0.29) is 6.04 Å². The van der Waals surface area contributed by atoms with Crippen LogP contribution in [0.2, 0.25) is 0 Å². The van der Waals surface area contributed by atoms with E-state index in [0.717, 1.165) is 24.0 Å². The molecule has 0 unspecified atom stereocenters. The average molecular weight is 332 g/mol. The Bertz CT molecular complexity index is 759. The van der Waals surface area contributed by atoms with Crippen molar-refractivity contribution in [3.05, 3.63) is 53.2 Å². The van der Waals surface area contributed by atoms with E-state index < -0.39 is 10.0 Å². The first-order chi connectivity index (χ1) is 11.0. The Labute approximate surface area is 136 Å². The van der Waals surface area contributed by atoms with Gasteiger partial charge in [0, 0.05) is 24.7 Å². The third-order valence-electron chi connectivity index (χ3n) is 4.11. The van der Waals surface area contributed by atoms with Gasteiger partial charge in [-0.2, -0.15) is 4.31 Å². The molecule has 1 fully saturated rings. The fourth-order valence-corrected chi connectivity index (χ4v) is 3.92. The molecule has 3 rings (SSSR count). The van der Waals surface area contributed by atoms with Crippen molar-refractivity contribution < 1.29 is 8.42 Å². The second kappa shape index (κ2) is 6.64. The van der Waals surface area contributed by atoms with Crippen LogP contribution >= 0.6 is 0 Å². The molecule has 23 heavy (non-hydrogen) atoms. The standard InChI is InChI=1S/C16H20N4O2S/c1-14-2-4-15(5-3-14)8-13-23(21,22)19-10-6-16(7-11-19)20-12-9-17-18-20/h2-5,8-9,12-13,16H,6-7,10-11H2,1H3/b13-8+. The van der Waals surface area contributed by atoms with Gasteiger partial charge in [-0.3, -0.25) is 0 Å². The molecule has 0 aliphatic carbocycles. The fourth-order valence-electron chi connectivity index (χ4n) is 2.70. The van der Waals surface area contributed by atoms with Gasteiger partial charge in [-0.15, -0.1) is 5.10 Å². The Morgan fingerprint density at radius 1 is 1.17 bits per heavy atom. The summed E-state index contributed by atoms with van der Waals surface area (Å²) in [5.74, 6) is 0. The Morgan fingerprint density at radius 3 is 2.48 bits per heavy atom. The highest BCUT2D eigenvalue weighted by molar-refractivity contribution is 7.92. The van der Waals surface area contributed by atoms with Crippen LogP contribution in [0.3, 0.4) is 0 Å². The summed E-state index contributed by atoms with van der Waals surface area (Å²) in [6, 6.07) is 7.99. The van der Waals surface area contributed by atoms with Crippen LogP contribution in [0.1, 0.15) is 30.0 Å². The lowest BCUT2D eigenvalue weighted by Crippen LogP contribution is -2.38. The van der Waals surface area contributed by atoms with Crippen molar-refractivity contribution in [1.82, 2.24) is 19.3 Å². The largest absolute Gasteiger partial charge is 0.249 e. The Balaban J connectivity index is 1.63. The van der Waals surface area contributed by atoms with Crippen LogP contribution in [-0.4, -0.2) is 40.8 Å². The molecule has 2 aromatic rings. The summed E-state index contributed by atoms with van der Waals surface area (Å²) in [5.41, 5.74) is 2.04. The maximum atomic E-state index is 12.4. The van der Waals surface area contributed by atoms with E-state index in [1.54, 1.807) is 12.3 Å². The minimum Gasteiger partial charge on any atom is -0.249 e. The van der Waals surface area contributed by atoms with Gasteiger partial charge >= 0.3 is 0 Å². The van der Waals surface area contributed by atoms with Crippen LogP contribution in [0.4, 0.5) is 0 Å². The molecule has 0 atom stereocenters. The highest BCUT2D eigenvalue weighted by Gasteiger charge is 2.27. The molecule has 1 aliphatic rings. The van der Waals surface area contributed by atoms with E-state index >= 15 is 0 Å². The minimum atomic E-state index is -3.38. The van der Waals surface area contributed by atoms with Gasteiger partial charge in [0.1, 0.15) is 0 Å². The summed E-state index contributed by atoms with van der Waals surface area (Å²) < 4.78 is 28.2. The van der Waals surface area contributed by atoms with Crippen LogP contribution in [0, 0.1) is 6.92 Å². The molecule has 0 N–H and O–H groups in total. The summed E-state index contributed by atoms with van der Waals surface area (Å²) in [6.45, 7) is 3.01. The average Bonchev–Trinajstić information content (AvgIpc) is 3.09. The molecule has 0 spiro atoms. The van der Waals surface area contributed by atoms with E-state index in [9.17, 15) is 8.42 Å². The molecule has 0 saturated carbocycles. The predicted molar refractivity (Wildman–Crippen MR) is 89.0 cm³/mol. The molecule has 1 saturated heterocycles. The van der Waals surface area contributed by atoms with Crippen molar-refractivity contribution in [3.63, 3.8) is 0 Å². The Morgan fingerprint density at radius 2 is 1.87 bits per heavy atom. The highest BCUT2D eigenvalue weighted by Crippen LogP contribution is 2.23. The zero-order chi connectivity index (χ0) is 16.3. The number of sulfonamides is 1. The second-order valence-electron chi connectivity index (χ2n) is 5.77. The van der Waals surface area contributed by atoms with Crippen molar-refractivity contribution in [2.45, 2.75) is 25.8 Å². The number of nitrogens with zero attached hydrogens (tertiary/aromatic N) is 4. The number of hydrogen-bond acceptors (Lipinski definition) is 4. The lowest BCUT2D eigenvalue weighted by molar-refractivity contribution is 0.260. The number of benzene rings is 1. The van der Waals surface area contributed by atoms with Crippen LogP contribution < -0.4 is 0 Å². The molecule has 0 bridgehead atoms. The smallest absolute Gasteiger partial charge is 0.236 e. The number of aryl methyl sites for hydroxylation is 1. The van der Waals surface area contributed by atoms with Gasteiger partial charge in [-0.25, -0.2) is 13.1 Å². The number of hydrogen-bond donors (Lipinski definition) is 0. The number of piperidine rings is 1. The Kier molecular flexibility index (Phi) is 4.58. The first kappa shape index (κ1) is 15.9. The first-order valence-corrected chi connectivity index (χ1v) is 9.16. The van der Waals surface area contributed by atoms with E-state index in [1.807, 2.05) is 42.1 Å². The molecule has 0 amide bonds. The highest BCUT2D eigenvalue weighted by atomic mass is 32.2. The van der Waals surface area contributed by atoms with Gasteiger partial charge in [-0.1, -0.05) is 35.0 Å². The maximum absolute atomic E-state index is 12.4. The van der Waals surface area contributed by atoms with Gasteiger partial charge < -0.3 is 0 Å². The van der Waals surface area contributed by atoms with E-state index in [4.69, 9.17) is 0 Å². The lowest BCUT2D eigenvalue weighted by Gasteiger charge is -2.30. The first-order valence-electron chi connectivity index (χ1n) is 7.65. The summed E-state index contributed by atoms with van der Waals surface area (Å²) in [5, 5.41) is 9.10. The van der Waals surface area contributed by atoms with Crippen LogP contribution in [-0.2, 0) is 10.0 Å². The lowest BCUT2D eigenvalue weighted by atomic mass is 10.1. The normalized spacial score (nSPS) is 17.8. The third-order valence-corrected chi connectivity index (χ3v) is 5.67. The van der Waals surface area contributed by atoms with Crippen molar-refractivity contribution in [3.8, 4) is 0 Å². The summed E-state index contributed by atoms with van der Waals surface area (Å²) >= 11 is 0. The molecule has 1 aromatic heterocycles. The van der Waals surface area contributed by atoms with E-state index in [2.05, 4.69) is 10.3 Å². The molecule has 7 heteroatoms. The third kappa shape index (κ3) is 3.86. The summed E-state index contributed by atoms with van der Waals surface area (Å²) in [7, 11) is -3.38. The molecular weight excluding hydrogens is 312 g/mol. The fraction of sp³-hybridized carbons (Fsp3) is 0.375. The molecule has 6 nitrogen and oxygen atoms in total. The van der Waals surface area contributed by atoms with Gasteiger partial charge in [0.05, 0.1) is 12.2 Å². The quantitative estimate of drug-likeness (QED) is 0.861. The minimum absolute atomic E-state index is 0.227. The van der Waals surface area contributed by atoms with E-state index in [0.29, 0.717) is 13.1 Å². The zero-order valence-electron chi connectivity index (χ0n) is 13.0. The van der Waals surface area contributed by atoms with Crippen LogP contribution in [0.25, 0.3) is 6.08 Å².